The average Bonchev–Trinajstić information content (AvgIpc) is 2.62. The number of amides is 1. The van der Waals surface area contributed by atoms with Gasteiger partial charge in [-0.3, -0.25) is 0 Å². The summed E-state index contributed by atoms with van der Waals surface area (Å²) in [6, 6.07) is 7.60. The van der Waals surface area contributed by atoms with E-state index in [0.717, 1.165) is 36.2 Å². The third-order valence-corrected chi connectivity index (χ3v) is 7.20. The van der Waals surface area contributed by atoms with Crippen LogP contribution in [0.2, 0.25) is 10.0 Å². The number of benzene rings is 2. The van der Waals surface area contributed by atoms with Gasteiger partial charge in [-0.1, -0.05) is 35.3 Å². The lowest BCUT2D eigenvalue weighted by molar-refractivity contribution is 0.0508. The minimum absolute atomic E-state index is 0. The summed E-state index contributed by atoms with van der Waals surface area (Å²) < 4.78 is 7.00. The quantitative estimate of drug-likeness (QED) is 0.355. The molecule has 0 aliphatic carbocycles. The van der Waals surface area contributed by atoms with Gasteiger partial charge in [-0.25, -0.2) is 4.79 Å². The van der Waals surface area contributed by atoms with Crippen molar-refractivity contribution in [1.29, 1.82) is 0 Å². The van der Waals surface area contributed by atoms with E-state index < -0.39 is 11.7 Å². The number of hydrogen-bond donors (Lipinski definition) is 2. The molecule has 0 heterocycles. The van der Waals surface area contributed by atoms with Crippen LogP contribution >= 0.6 is 67.5 Å². The average molecular weight is 634 g/mol. The van der Waals surface area contributed by atoms with Crippen LogP contribution in [-0.2, 0) is 4.74 Å². The molecule has 180 valence electrons. The predicted molar refractivity (Wildman–Crippen MR) is 145 cm³/mol. The van der Waals surface area contributed by atoms with Gasteiger partial charge in [-0.2, -0.15) is 0 Å². The Labute approximate surface area is 224 Å². The summed E-state index contributed by atoms with van der Waals surface area (Å²) in [6.45, 7) is 13.3. The van der Waals surface area contributed by atoms with Crippen molar-refractivity contribution in [3.05, 3.63) is 65.5 Å². The van der Waals surface area contributed by atoms with Crippen molar-refractivity contribution in [2.24, 2.45) is 5.73 Å². The number of hydrogen-bond acceptors (Lipinski definition) is 3. The van der Waals surface area contributed by atoms with Crippen LogP contribution in [0.5, 0.6) is 0 Å². The Balaban J connectivity index is 0.000000639. The zero-order valence-electron chi connectivity index (χ0n) is 19.3. The first-order valence-electron chi connectivity index (χ1n) is 9.79. The highest BCUT2D eigenvalue weighted by atomic mass is 79.9. The van der Waals surface area contributed by atoms with Crippen LogP contribution in [0.1, 0.15) is 69.0 Å². The second kappa shape index (κ2) is 13.4. The van der Waals surface area contributed by atoms with Crippen molar-refractivity contribution >= 4 is 73.6 Å². The topological polar surface area (TPSA) is 64.3 Å². The number of nitrogens with one attached hydrogen (secondary N) is 1. The normalized spacial score (nSPS) is 12.6. The molecule has 2 rings (SSSR count). The standard InChI is InChI=1S/C14H19BrClNO2.C9H11BrClN.ClH/c1-8-10(6-7-11(15)12(8)16)9(2)17-13(18)19-14(3,4)5;1-5-7(6(2)12)3-4-8(10)9(5)11;/h6-7,9H,1-5H3,(H,17,18);3-4,6H,12H2,1-2H3;1H/t9-;6-;/m11./s1. The molecule has 0 aliphatic heterocycles. The first-order chi connectivity index (χ1) is 14.2. The molecule has 2 aromatic rings. The summed E-state index contributed by atoms with van der Waals surface area (Å²) >= 11 is 18.9. The Kier molecular flexibility index (Phi) is 13.2. The smallest absolute Gasteiger partial charge is 0.408 e. The van der Waals surface area contributed by atoms with E-state index in [1.807, 2.05) is 72.7 Å². The summed E-state index contributed by atoms with van der Waals surface area (Å²) in [6.07, 6.45) is -0.432. The molecule has 4 nitrogen and oxygen atoms in total. The first-order valence-corrected chi connectivity index (χ1v) is 12.1. The Morgan fingerprint density at radius 1 is 0.969 bits per heavy atom. The van der Waals surface area contributed by atoms with Crippen molar-refractivity contribution in [1.82, 2.24) is 5.32 Å². The minimum Gasteiger partial charge on any atom is -0.444 e. The van der Waals surface area contributed by atoms with Crippen LogP contribution < -0.4 is 11.1 Å². The van der Waals surface area contributed by atoms with Gasteiger partial charge in [0.15, 0.2) is 0 Å². The number of halogens is 5. The van der Waals surface area contributed by atoms with E-state index in [4.69, 9.17) is 33.7 Å². The summed E-state index contributed by atoms with van der Waals surface area (Å²) in [5.74, 6) is 0. The van der Waals surface area contributed by atoms with E-state index in [-0.39, 0.29) is 24.5 Å². The molecule has 9 heteroatoms. The molecule has 0 saturated carbocycles. The van der Waals surface area contributed by atoms with Crippen LogP contribution in [0.25, 0.3) is 0 Å². The van der Waals surface area contributed by atoms with Gasteiger partial charge in [-0.15, -0.1) is 12.4 Å². The molecule has 0 aromatic heterocycles. The molecule has 0 saturated heterocycles. The van der Waals surface area contributed by atoms with Crippen molar-refractivity contribution in [2.45, 2.75) is 66.2 Å². The van der Waals surface area contributed by atoms with Crippen molar-refractivity contribution in [3.8, 4) is 0 Å². The van der Waals surface area contributed by atoms with Crippen LogP contribution in [0, 0.1) is 13.8 Å². The second-order valence-corrected chi connectivity index (χ2v) is 10.8. The van der Waals surface area contributed by atoms with Crippen molar-refractivity contribution < 1.29 is 9.53 Å². The van der Waals surface area contributed by atoms with Gasteiger partial charge in [0.1, 0.15) is 5.60 Å². The number of nitrogens with two attached hydrogens (primary N) is 1. The van der Waals surface area contributed by atoms with E-state index in [1.165, 1.54) is 0 Å². The number of ether oxygens (including phenoxy) is 1. The Morgan fingerprint density at radius 2 is 1.38 bits per heavy atom. The lowest BCUT2D eigenvalue weighted by atomic mass is 10.0. The van der Waals surface area contributed by atoms with E-state index >= 15 is 0 Å². The van der Waals surface area contributed by atoms with Gasteiger partial charge in [0.25, 0.3) is 0 Å². The molecule has 0 aliphatic rings. The fraction of sp³-hybridized carbons (Fsp3) is 0.435. The highest BCUT2D eigenvalue weighted by Gasteiger charge is 2.20. The predicted octanol–water partition coefficient (Wildman–Crippen LogP) is 8.85. The molecule has 0 fully saturated rings. The lowest BCUT2D eigenvalue weighted by Gasteiger charge is -2.23. The summed E-state index contributed by atoms with van der Waals surface area (Å²) in [5.41, 5.74) is 9.33. The fourth-order valence-corrected chi connectivity index (χ4v) is 4.06. The third-order valence-electron chi connectivity index (χ3n) is 4.45. The van der Waals surface area contributed by atoms with Gasteiger partial charge in [0.05, 0.1) is 16.1 Å². The van der Waals surface area contributed by atoms with Crippen LogP contribution in [-0.4, -0.2) is 11.7 Å². The maximum Gasteiger partial charge on any atom is 0.408 e. The maximum atomic E-state index is 11.7. The second-order valence-electron chi connectivity index (χ2n) is 8.31. The molecule has 2 aromatic carbocycles. The van der Waals surface area contributed by atoms with Crippen molar-refractivity contribution in [3.63, 3.8) is 0 Å². The van der Waals surface area contributed by atoms with Gasteiger partial charge < -0.3 is 15.8 Å². The molecule has 1 amide bonds. The molecule has 0 spiro atoms. The highest BCUT2D eigenvalue weighted by Crippen LogP contribution is 2.31. The largest absolute Gasteiger partial charge is 0.444 e. The summed E-state index contributed by atoms with van der Waals surface area (Å²) in [5, 5.41) is 4.22. The molecule has 2 atom stereocenters. The van der Waals surface area contributed by atoms with Gasteiger partial charge in [-0.05, 0) is 115 Å². The molecule has 3 N–H and O–H groups in total. The molecule has 0 radical (unpaired) electrons. The fourth-order valence-electron chi connectivity index (χ4n) is 2.86. The summed E-state index contributed by atoms with van der Waals surface area (Å²) in [7, 11) is 0. The number of carbonyl (C=O) groups excluding carboxylic acids is 1. The van der Waals surface area contributed by atoms with Crippen LogP contribution in [0.15, 0.2) is 33.2 Å². The van der Waals surface area contributed by atoms with E-state index in [2.05, 4.69) is 37.2 Å². The third kappa shape index (κ3) is 9.40. The lowest BCUT2D eigenvalue weighted by Crippen LogP contribution is -2.34. The zero-order valence-corrected chi connectivity index (χ0v) is 24.8. The zero-order chi connectivity index (χ0) is 24.1. The summed E-state index contributed by atoms with van der Waals surface area (Å²) in [4.78, 5) is 11.7. The molecular formula is C23H31Br2Cl3N2O2. The minimum atomic E-state index is -0.504. The monoisotopic (exact) mass is 630 g/mol. The van der Waals surface area contributed by atoms with E-state index in [0.29, 0.717) is 5.02 Å². The highest BCUT2D eigenvalue weighted by molar-refractivity contribution is 9.10. The maximum absolute atomic E-state index is 11.7. The van der Waals surface area contributed by atoms with Gasteiger partial charge >= 0.3 is 6.09 Å². The first kappa shape index (κ1) is 31.5. The van der Waals surface area contributed by atoms with Gasteiger partial charge in [0, 0.05) is 15.0 Å². The van der Waals surface area contributed by atoms with Crippen LogP contribution in [0.3, 0.4) is 0 Å². The molecule has 0 bridgehead atoms. The van der Waals surface area contributed by atoms with Crippen molar-refractivity contribution in [2.75, 3.05) is 0 Å². The van der Waals surface area contributed by atoms with E-state index in [1.54, 1.807) is 0 Å². The molecular weight excluding hydrogens is 602 g/mol. The van der Waals surface area contributed by atoms with Gasteiger partial charge in [0.2, 0.25) is 0 Å². The van der Waals surface area contributed by atoms with Crippen LogP contribution in [0.4, 0.5) is 4.79 Å². The Bertz CT molecular complexity index is 932. The molecule has 32 heavy (non-hydrogen) atoms. The Hall–Kier alpha value is -0.500. The molecule has 0 unspecified atom stereocenters. The number of rotatable bonds is 3. The number of alkyl carbamates (subject to hydrolysis) is 1. The Morgan fingerprint density at radius 3 is 1.78 bits per heavy atom. The number of carbonyl (C=O) groups is 1. The van der Waals surface area contributed by atoms with E-state index in [9.17, 15) is 4.79 Å². The SMILES string of the molecule is Cc1c([C@@H](C)N)ccc(Br)c1Cl.Cc1c([C@@H](C)NC(=O)OC(C)(C)C)ccc(Br)c1Cl.Cl.